The summed E-state index contributed by atoms with van der Waals surface area (Å²) in [5, 5.41) is 0.517. The van der Waals surface area contributed by atoms with Gasteiger partial charge in [-0.2, -0.15) is 0 Å². The molecule has 2 fully saturated rings. The van der Waals surface area contributed by atoms with E-state index >= 15 is 0 Å². The number of benzene rings is 1. The average molecular weight is 294 g/mol. The molecular formula is C15H20ClN3O. The third-order valence-electron chi connectivity index (χ3n) is 4.27. The largest absolute Gasteiger partial charge is 0.399 e. The minimum absolute atomic E-state index is 0.0425. The van der Waals surface area contributed by atoms with Crippen LogP contribution in [0.25, 0.3) is 0 Å². The molecule has 20 heavy (non-hydrogen) atoms. The molecule has 0 bridgehead atoms. The number of halogens is 1. The number of nitrogen functional groups attached to an aromatic ring is 1. The highest BCUT2D eigenvalue weighted by molar-refractivity contribution is 6.31. The molecule has 1 unspecified atom stereocenters. The summed E-state index contributed by atoms with van der Waals surface area (Å²) < 4.78 is 0. The molecule has 2 saturated heterocycles. The normalized spacial score (nSPS) is 23.4. The second kappa shape index (κ2) is 5.62. The van der Waals surface area contributed by atoms with Crippen molar-refractivity contribution in [3.8, 4) is 0 Å². The highest BCUT2D eigenvalue weighted by Crippen LogP contribution is 2.23. The van der Waals surface area contributed by atoms with E-state index in [1.807, 2.05) is 4.90 Å². The Morgan fingerprint density at radius 3 is 2.65 bits per heavy atom. The number of carbonyl (C=O) groups is 1. The minimum atomic E-state index is 0.0425. The van der Waals surface area contributed by atoms with E-state index in [1.165, 1.54) is 25.9 Å². The van der Waals surface area contributed by atoms with Gasteiger partial charge < -0.3 is 10.6 Å². The Bertz CT molecular complexity index is 494. The van der Waals surface area contributed by atoms with Gasteiger partial charge >= 0.3 is 0 Å². The number of anilines is 1. The standard InChI is InChI=1S/C15H20ClN3O/c16-12-7-11(8-13(17)9-12)15(20)19-6-3-14(10-19)18-4-1-2-5-18/h7-9,14H,1-6,10,17H2. The van der Waals surface area contributed by atoms with Gasteiger partial charge in [-0.1, -0.05) is 11.6 Å². The fourth-order valence-electron chi connectivity index (χ4n) is 3.25. The monoisotopic (exact) mass is 293 g/mol. The number of nitrogens with zero attached hydrogens (tertiary/aromatic N) is 2. The van der Waals surface area contributed by atoms with Crippen LogP contribution in [0.15, 0.2) is 18.2 Å². The lowest BCUT2D eigenvalue weighted by atomic mass is 10.2. The Kier molecular flexibility index (Phi) is 3.85. The lowest BCUT2D eigenvalue weighted by molar-refractivity contribution is 0.0780. The molecule has 0 saturated carbocycles. The van der Waals surface area contributed by atoms with Crippen molar-refractivity contribution in [2.45, 2.75) is 25.3 Å². The number of nitrogens with two attached hydrogens (primary N) is 1. The van der Waals surface area contributed by atoms with Crippen molar-refractivity contribution in [3.63, 3.8) is 0 Å². The Morgan fingerprint density at radius 2 is 1.95 bits per heavy atom. The summed E-state index contributed by atoms with van der Waals surface area (Å²) in [5.74, 6) is 0.0425. The lowest BCUT2D eigenvalue weighted by Crippen LogP contribution is -2.37. The quantitative estimate of drug-likeness (QED) is 0.851. The van der Waals surface area contributed by atoms with Crippen LogP contribution in [-0.2, 0) is 0 Å². The highest BCUT2D eigenvalue weighted by Gasteiger charge is 2.31. The lowest BCUT2D eigenvalue weighted by Gasteiger charge is -2.23. The van der Waals surface area contributed by atoms with Gasteiger partial charge in [-0.05, 0) is 50.6 Å². The molecule has 3 rings (SSSR count). The van der Waals surface area contributed by atoms with Crippen LogP contribution in [-0.4, -0.2) is 47.9 Å². The van der Waals surface area contributed by atoms with Crippen molar-refractivity contribution in [1.29, 1.82) is 0 Å². The fraction of sp³-hybridized carbons (Fsp3) is 0.533. The summed E-state index contributed by atoms with van der Waals surface area (Å²) in [5.41, 5.74) is 6.89. The van der Waals surface area contributed by atoms with Crippen molar-refractivity contribution in [2.75, 3.05) is 31.9 Å². The molecule has 5 heteroatoms. The van der Waals surface area contributed by atoms with Gasteiger partial charge in [0.2, 0.25) is 0 Å². The summed E-state index contributed by atoms with van der Waals surface area (Å²) >= 11 is 5.97. The zero-order chi connectivity index (χ0) is 14.1. The van der Waals surface area contributed by atoms with E-state index in [0.29, 0.717) is 22.3 Å². The molecule has 2 aliphatic heterocycles. The van der Waals surface area contributed by atoms with Crippen LogP contribution in [0.5, 0.6) is 0 Å². The maximum atomic E-state index is 12.5. The summed E-state index contributed by atoms with van der Waals surface area (Å²) in [7, 11) is 0. The molecule has 1 aromatic rings. The number of hydrogen-bond acceptors (Lipinski definition) is 3. The predicted octanol–water partition coefficient (Wildman–Crippen LogP) is 2.23. The maximum Gasteiger partial charge on any atom is 0.254 e. The average Bonchev–Trinajstić information content (AvgIpc) is 3.07. The van der Waals surface area contributed by atoms with E-state index in [1.54, 1.807) is 18.2 Å². The molecule has 0 radical (unpaired) electrons. The van der Waals surface area contributed by atoms with Crippen LogP contribution >= 0.6 is 11.6 Å². The minimum Gasteiger partial charge on any atom is -0.399 e. The van der Waals surface area contributed by atoms with Gasteiger partial charge in [-0.15, -0.1) is 0 Å². The van der Waals surface area contributed by atoms with Gasteiger partial charge in [-0.3, -0.25) is 9.69 Å². The third kappa shape index (κ3) is 2.76. The predicted molar refractivity (Wildman–Crippen MR) is 81.0 cm³/mol. The van der Waals surface area contributed by atoms with E-state index in [2.05, 4.69) is 4.90 Å². The molecule has 2 aliphatic rings. The highest BCUT2D eigenvalue weighted by atomic mass is 35.5. The molecule has 1 aromatic carbocycles. The fourth-order valence-corrected chi connectivity index (χ4v) is 3.49. The van der Waals surface area contributed by atoms with Crippen LogP contribution in [0, 0.1) is 0 Å². The first-order valence-electron chi connectivity index (χ1n) is 7.23. The van der Waals surface area contributed by atoms with Crippen LogP contribution in [0.1, 0.15) is 29.6 Å². The van der Waals surface area contributed by atoms with E-state index in [-0.39, 0.29) is 5.91 Å². The maximum absolute atomic E-state index is 12.5. The van der Waals surface area contributed by atoms with E-state index in [0.717, 1.165) is 19.5 Å². The Balaban J connectivity index is 1.68. The number of rotatable bonds is 2. The summed E-state index contributed by atoms with van der Waals surface area (Å²) in [6.07, 6.45) is 3.65. The molecule has 0 aliphatic carbocycles. The van der Waals surface area contributed by atoms with Crippen molar-refractivity contribution in [3.05, 3.63) is 28.8 Å². The van der Waals surface area contributed by atoms with E-state index in [4.69, 9.17) is 17.3 Å². The molecule has 1 amide bonds. The van der Waals surface area contributed by atoms with Crippen molar-refractivity contribution in [2.24, 2.45) is 0 Å². The van der Waals surface area contributed by atoms with Crippen LogP contribution in [0.3, 0.4) is 0 Å². The zero-order valence-corrected chi connectivity index (χ0v) is 12.3. The summed E-state index contributed by atoms with van der Waals surface area (Å²) in [4.78, 5) is 16.9. The van der Waals surface area contributed by atoms with Gasteiger partial charge in [0.15, 0.2) is 0 Å². The van der Waals surface area contributed by atoms with Crippen molar-refractivity contribution >= 4 is 23.2 Å². The van der Waals surface area contributed by atoms with Crippen LogP contribution in [0.2, 0.25) is 5.02 Å². The molecule has 2 N–H and O–H groups in total. The summed E-state index contributed by atoms with van der Waals surface area (Å²) in [6.45, 7) is 4.01. The van der Waals surface area contributed by atoms with Gasteiger partial charge in [0.05, 0.1) is 0 Å². The van der Waals surface area contributed by atoms with Gasteiger partial charge in [-0.25, -0.2) is 0 Å². The molecular weight excluding hydrogens is 274 g/mol. The van der Waals surface area contributed by atoms with Gasteiger partial charge in [0.25, 0.3) is 5.91 Å². The number of hydrogen-bond donors (Lipinski definition) is 1. The smallest absolute Gasteiger partial charge is 0.254 e. The Hall–Kier alpha value is -1.26. The Morgan fingerprint density at radius 1 is 1.20 bits per heavy atom. The number of likely N-dealkylation sites (tertiary alicyclic amines) is 2. The SMILES string of the molecule is Nc1cc(Cl)cc(C(=O)N2CCC(N3CCCC3)C2)c1. The van der Waals surface area contributed by atoms with Crippen LogP contribution < -0.4 is 5.73 Å². The first-order chi connectivity index (χ1) is 9.63. The second-order valence-electron chi connectivity index (χ2n) is 5.71. The third-order valence-corrected chi connectivity index (χ3v) is 4.49. The number of carbonyl (C=O) groups excluding carboxylic acids is 1. The summed E-state index contributed by atoms with van der Waals surface area (Å²) in [6, 6.07) is 5.59. The second-order valence-corrected chi connectivity index (χ2v) is 6.15. The molecule has 108 valence electrons. The van der Waals surface area contributed by atoms with Gasteiger partial charge in [0.1, 0.15) is 0 Å². The molecule has 2 heterocycles. The molecule has 0 aromatic heterocycles. The molecule has 4 nitrogen and oxygen atoms in total. The topological polar surface area (TPSA) is 49.6 Å². The van der Waals surface area contributed by atoms with Gasteiger partial charge in [0, 0.05) is 35.4 Å². The Labute approximate surface area is 124 Å². The van der Waals surface area contributed by atoms with Crippen molar-refractivity contribution in [1.82, 2.24) is 9.80 Å². The van der Waals surface area contributed by atoms with Crippen molar-refractivity contribution < 1.29 is 4.79 Å². The zero-order valence-electron chi connectivity index (χ0n) is 11.5. The van der Waals surface area contributed by atoms with E-state index in [9.17, 15) is 4.79 Å². The molecule has 1 atom stereocenters. The molecule has 0 spiro atoms. The number of amides is 1. The van der Waals surface area contributed by atoms with Crippen LogP contribution in [0.4, 0.5) is 5.69 Å². The first kappa shape index (κ1) is 13.7. The van der Waals surface area contributed by atoms with E-state index < -0.39 is 0 Å². The first-order valence-corrected chi connectivity index (χ1v) is 7.61.